The van der Waals surface area contributed by atoms with E-state index in [-0.39, 0.29) is 12.3 Å². The number of aliphatic carboxylic acids is 1. The predicted molar refractivity (Wildman–Crippen MR) is 89.8 cm³/mol. The van der Waals surface area contributed by atoms with Crippen LogP contribution in [0.4, 0.5) is 0 Å². The number of carboxylic acids is 1. The highest BCUT2D eigenvalue weighted by Crippen LogP contribution is 2.23. The Morgan fingerprint density at radius 1 is 1.29 bits per heavy atom. The van der Waals surface area contributed by atoms with Crippen molar-refractivity contribution in [3.05, 3.63) is 41.4 Å². The van der Waals surface area contributed by atoms with Gasteiger partial charge in [-0.2, -0.15) is 0 Å². The molecule has 128 valence electrons. The fourth-order valence-electron chi connectivity index (χ4n) is 2.01. The largest absolute Gasteiger partial charge is 0.480 e. The molecule has 6 nitrogen and oxygen atoms in total. The van der Waals surface area contributed by atoms with Crippen molar-refractivity contribution in [2.75, 3.05) is 7.05 Å². The molecular formula is C17H19ClN2O4. The van der Waals surface area contributed by atoms with Crippen molar-refractivity contribution in [1.29, 1.82) is 0 Å². The van der Waals surface area contributed by atoms with Crippen LogP contribution in [0.15, 0.2) is 34.9 Å². The maximum atomic E-state index is 12.2. The lowest BCUT2D eigenvalue weighted by Gasteiger charge is -2.31. The average Bonchev–Trinajstić information content (AvgIpc) is 3.01. The van der Waals surface area contributed by atoms with Crippen LogP contribution in [0.25, 0.3) is 11.3 Å². The number of carboxylic acid groups (broad SMARTS) is 1. The number of benzene rings is 1. The number of carbonyl (C=O) groups excluding carboxylic acids is 1. The van der Waals surface area contributed by atoms with Crippen LogP contribution in [-0.2, 0) is 16.0 Å². The first-order valence-corrected chi connectivity index (χ1v) is 7.80. The molecule has 0 spiro atoms. The molecule has 7 heteroatoms. The number of nitrogens with zero attached hydrogens (tertiary/aromatic N) is 2. The third-order valence-electron chi connectivity index (χ3n) is 3.97. The van der Waals surface area contributed by atoms with Crippen molar-refractivity contribution in [2.45, 2.75) is 32.2 Å². The molecule has 24 heavy (non-hydrogen) atoms. The van der Waals surface area contributed by atoms with E-state index in [2.05, 4.69) is 4.98 Å². The standard InChI is InChI=1S/C17H19ClN2O4/c1-17(2,16(22)23)20(3)15(21)9-8-14-19-10-13(24-14)11-4-6-12(18)7-5-11/h4-7,10H,8-9H2,1-3H3,(H,22,23). The lowest BCUT2D eigenvalue weighted by atomic mass is 10.0. The van der Waals surface area contributed by atoms with E-state index in [4.69, 9.17) is 21.1 Å². The number of rotatable bonds is 6. The molecule has 0 fully saturated rings. The SMILES string of the molecule is CN(C(=O)CCc1ncc(-c2ccc(Cl)cc2)o1)C(C)(C)C(=O)O. The molecule has 0 aliphatic carbocycles. The van der Waals surface area contributed by atoms with Gasteiger partial charge in [0, 0.05) is 30.5 Å². The van der Waals surface area contributed by atoms with Gasteiger partial charge in [-0.05, 0) is 38.1 Å². The number of carbonyl (C=O) groups is 2. The van der Waals surface area contributed by atoms with Gasteiger partial charge in [-0.15, -0.1) is 0 Å². The van der Waals surface area contributed by atoms with E-state index in [1.807, 2.05) is 12.1 Å². The summed E-state index contributed by atoms with van der Waals surface area (Å²) in [6.07, 6.45) is 2.01. The number of aromatic nitrogens is 1. The Labute approximate surface area is 145 Å². The third-order valence-corrected chi connectivity index (χ3v) is 4.22. The zero-order chi connectivity index (χ0) is 17.9. The maximum absolute atomic E-state index is 12.2. The Kier molecular flexibility index (Phi) is 5.29. The molecule has 1 aromatic heterocycles. The number of amides is 1. The first-order valence-electron chi connectivity index (χ1n) is 7.42. The molecule has 0 bridgehead atoms. The Bertz CT molecular complexity index is 737. The van der Waals surface area contributed by atoms with Gasteiger partial charge in [0.1, 0.15) is 5.54 Å². The molecule has 1 N–H and O–H groups in total. The van der Waals surface area contributed by atoms with Crippen molar-refractivity contribution in [3.8, 4) is 11.3 Å². The van der Waals surface area contributed by atoms with E-state index in [9.17, 15) is 9.59 Å². The molecule has 1 amide bonds. The van der Waals surface area contributed by atoms with Crippen molar-refractivity contribution in [1.82, 2.24) is 9.88 Å². The van der Waals surface area contributed by atoms with Crippen molar-refractivity contribution < 1.29 is 19.1 Å². The van der Waals surface area contributed by atoms with E-state index >= 15 is 0 Å². The van der Waals surface area contributed by atoms with Gasteiger partial charge in [0.05, 0.1) is 6.20 Å². The van der Waals surface area contributed by atoms with Crippen molar-refractivity contribution in [2.24, 2.45) is 0 Å². The average molecular weight is 351 g/mol. The fourth-order valence-corrected chi connectivity index (χ4v) is 2.14. The lowest BCUT2D eigenvalue weighted by molar-refractivity contribution is -0.155. The summed E-state index contributed by atoms with van der Waals surface area (Å²) in [4.78, 5) is 28.7. The molecule has 0 atom stereocenters. The smallest absolute Gasteiger partial charge is 0.329 e. The van der Waals surface area contributed by atoms with Gasteiger partial charge in [-0.25, -0.2) is 9.78 Å². The second-order valence-electron chi connectivity index (χ2n) is 5.94. The van der Waals surface area contributed by atoms with E-state index in [0.717, 1.165) is 5.56 Å². The van der Waals surface area contributed by atoms with E-state index in [0.29, 0.717) is 23.1 Å². The lowest BCUT2D eigenvalue weighted by Crippen LogP contribution is -2.50. The van der Waals surface area contributed by atoms with E-state index < -0.39 is 11.5 Å². The number of oxazole rings is 1. The van der Waals surface area contributed by atoms with Crippen molar-refractivity contribution >= 4 is 23.5 Å². The monoisotopic (exact) mass is 350 g/mol. The summed E-state index contributed by atoms with van der Waals surface area (Å²) in [5.41, 5.74) is -0.420. The molecule has 0 unspecified atom stereocenters. The Morgan fingerprint density at radius 2 is 1.92 bits per heavy atom. The topological polar surface area (TPSA) is 83.6 Å². The van der Waals surface area contributed by atoms with Crippen LogP contribution >= 0.6 is 11.6 Å². The molecule has 0 saturated carbocycles. The van der Waals surface area contributed by atoms with E-state index in [1.165, 1.54) is 25.8 Å². The number of aryl methyl sites for hydroxylation is 1. The normalized spacial score (nSPS) is 11.3. The van der Waals surface area contributed by atoms with Gasteiger partial charge in [-0.3, -0.25) is 4.79 Å². The minimum atomic E-state index is -1.26. The molecule has 2 rings (SSSR count). The first kappa shape index (κ1) is 18.0. The van der Waals surface area contributed by atoms with Crippen LogP contribution in [0.2, 0.25) is 5.02 Å². The summed E-state index contributed by atoms with van der Waals surface area (Å²) >= 11 is 5.85. The summed E-state index contributed by atoms with van der Waals surface area (Å²) < 4.78 is 5.63. The molecule has 2 aromatic rings. The molecule has 1 heterocycles. The summed E-state index contributed by atoms with van der Waals surface area (Å²) in [5, 5.41) is 9.79. The number of likely N-dealkylation sites (N-methyl/N-ethyl adjacent to an activating group) is 1. The highest BCUT2D eigenvalue weighted by Gasteiger charge is 2.34. The van der Waals surface area contributed by atoms with Crippen LogP contribution in [0.3, 0.4) is 0 Å². The fraction of sp³-hybridized carbons (Fsp3) is 0.353. The van der Waals surface area contributed by atoms with Gasteiger partial charge >= 0.3 is 5.97 Å². The first-order chi connectivity index (χ1) is 11.2. The van der Waals surface area contributed by atoms with Crippen molar-refractivity contribution in [3.63, 3.8) is 0 Å². The highest BCUT2D eigenvalue weighted by molar-refractivity contribution is 6.30. The van der Waals surface area contributed by atoms with Gasteiger partial charge < -0.3 is 14.4 Å². The number of hydrogen-bond donors (Lipinski definition) is 1. The third kappa shape index (κ3) is 3.94. The molecular weight excluding hydrogens is 332 g/mol. The minimum Gasteiger partial charge on any atom is -0.480 e. The van der Waals surface area contributed by atoms with Gasteiger partial charge in [0.25, 0.3) is 0 Å². The van der Waals surface area contributed by atoms with Crippen LogP contribution in [-0.4, -0.2) is 39.5 Å². The maximum Gasteiger partial charge on any atom is 0.329 e. The Hall–Kier alpha value is -2.34. The molecule has 0 radical (unpaired) electrons. The van der Waals surface area contributed by atoms with Crippen LogP contribution in [0.1, 0.15) is 26.2 Å². The number of halogens is 1. The summed E-state index contributed by atoms with van der Waals surface area (Å²) in [6, 6.07) is 7.15. The van der Waals surface area contributed by atoms with Crippen LogP contribution in [0.5, 0.6) is 0 Å². The zero-order valence-corrected chi connectivity index (χ0v) is 14.5. The van der Waals surface area contributed by atoms with Gasteiger partial charge in [0.2, 0.25) is 5.91 Å². The molecule has 0 aliphatic rings. The van der Waals surface area contributed by atoms with Gasteiger partial charge in [-0.1, -0.05) is 11.6 Å². The Balaban J connectivity index is 1.99. The molecule has 0 saturated heterocycles. The predicted octanol–water partition coefficient (Wildman–Crippen LogP) is 3.25. The molecule has 0 aliphatic heterocycles. The second-order valence-corrected chi connectivity index (χ2v) is 6.38. The summed E-state index contributed by atoms with van der Waals surface area (Å²) in [5.74, 6) is -0.323. The number of hydrogen-bond acceptors (Lipinski definition) is 4. The molecule has 1 aromatic carbocycles. The Morgan fingerprint density at radius 3 is 2.50 bits per heavy atom. The minimum absolute atomic E-state index is 0.119. The summed E-state index contributed by atoms with van der Waals surface area (Å²) in [6.45, 7) is 2.97. The van der Waals surface area contributed by atoms with Gasteiger partial charge in [0.15, 0.2) is 11.7 Å². The second kappa shape index (κ2) is 7.05. The summed E-state index contributed by atoms with van der Waals surface area (Å²) in [7, 11) is 1.48. The van der Waals surface area contributed by atoms with Crippen LogP contribution in [0, 0.1) is 0 Å². The van der Waals surface area contributed by atoms with Crippen LogP contribution < -0.4 is 0 Å². The van der Waals surface area contributed by atoms with E-state index in [1.54, 1.807) is 18.3 Å². The zero-order valence-electron chi connectivity index (χ0n) is 13.7. The quantitative estimate of drug-likeness (QED) is 0.864. The highest BCUT2D eigenvalue weighted by atomic mass is 35.5.